The molecule has 6 nitrogen and oxygen atoms in total. The van der Waals surface area contributed by atoms with E-state index in [2.05, 4.69) is 30.3 Å². The molecule has 0 unspecified atom stereocenters. The van der Waals surface area contributed by atoms with Crippen LogP contribution in [0.1, 0.15) is 26.4 Å². The largest absolute Gasteiger partial charge is 0.496 e. The zero-order chi connectivity index (χ0) is 20.1. The summed E-state index contributed by atoms with van der Waals surface area (Å²) in [6, 6.07) is 8.01. The number of thiophene rings is 1. The molecule has 1 aliphatic rings. The maximum absolute atomic E-state index is 12.7. The number of likely N-dealkylation sites (N-methyl/N-ethyl adjacent to an activating group) is 1. The van der Waals surface area contributed by atoms with Crippen LogP contribution >= 0.6 is 11.3 Å². The summed E-state index contributed by atoms with van der Waals surface area (Å²) in [5, 5.41) is 12.9. The van der Waals surface area contributed by atoms with Gasteiger partial charge < -0.3 is 14.5 Å². The minimum Gasteiger partial charge on any atom is -0.496 e. The third-order valence-corrected chi connectivity index (χ3v) is 6.08. The van der Waals surface area contributed by atoms with Gasteiger partial charge in [0.1, 0.15) is 5.75 Å². The summed E-state index contributed by atoms with van der Waals surface area (Å²) >= 11 is 1.59. The van der Waals surface area contributed by atoms with Gasteiger partial charge in [-0.25, -0.2) is 0 Å². The lowest BCUT2D eigenvalue weighted by Gasteiger charge is -2.33. The normalized spacial score (nSPS) is 14.8. The van der Waals surface area contributed by atoms with Crippen molar-refractivity contribution in [2.24, 2.45) is 0 Å². The molecule has 0 spiro atoms. The number of amides is 1. The molecule has 2 N–H and O–H groups in total. The molecule has 0 saturated carbocycles. The number of methoxy groups -OCH3 is 1. The summed E-state index contributed by atoms with van der Waals surface area (Å²) in [6.07, 6.45) is 1.57. The first-order valence-electron chi connectivity index (χ1n) is 9.51. The van der Waals surface area contributed by atoms with Gasteiger partial charge in [0.05, 0.1) is 12.7 Å². The fraction of sp³-hybridized carbons (Fsp3) is 0.429. The predicted molar refractivity (Wildman–Crippen MR) is 114 cm³/mol. The van der Waals surface area contributed by atoms with Gasteiger partial charge in [-0.15, -0.1) is 11.3 Å². The number of ether oxygens (including phenoxy) is 1. The molecule has 1 fully saturated rings. The van der Waals surface area contributed by atoms with Crippen LogP contribution in [0.15, 0.2) is 29.6 Å². The molecule has 150 valence electrons. The minimum atomic E-state index is -0.198. The second kappa shape index (κ2) is 9.21. The summed E-state index contributed by atoms with van der Waals surface area (Å²) < 4.78 is 5.46. The molecule has 1 saturated heterocycles. The molecular formula is C21H28N4O2S. The van der Waals surface area contributed by atoms with Crippen molar-refractivity contribution in [3.05, 3.63) is 51.2 Å². The quantitative estimate of drug-likeness (QED) is 0.598. The van der Waals surface area contributed by atoms with Gasteiger partial charge in [-0.1, -0.05) is 17.7 Å². The summed E-state index contributed by atoms with van der Waals surface area (Å²) in [5.41, 5.74) is 3.00. The third-order valence-electron chi connectivity index (χ3n) is 5.10. The minimum absolute atomic E-state index is 0.190. The molecule has 1 aromatic carbocycles. The van der Waals surface area contributed by atoms with Crippen LogP contribution in [-0.2, 0) is 12.8 Å². The Morgan fingerprint density at radius 3 is 2.68 bits per heavy atom. The lowest BCUT2D eigenvalue weighted by molar-refractivity contribution is 0.0968. The average molecular weight is 401 g/mol. The van der Waals surface area contributed by atoms with E-state index in [9.17, 15) is 4.79 Å². The Hall–Kier alpha value is -2.38. The van der Waals surface area contributed by atoms with Crippen molar-refractivity contribution in [1.29, 1.82) is 5.41 Å². The van der Waals surface area contributed by atoms with Gasteiger partial charge in [0.15, 0.2) is 5.96 Å². The van der Waals surface area contributed by atoms with Gasteiger partial charge in [0.2, 0.25) is 0 Å². The SMILES string of the molecule is COc1ccc(C)cc1CCc1sccc1C(=O)NC(=N)N1CCN(C)CC1. The van der Waals surface area contributed by atoms with Crippen LogP contribution in [0.3, 0.4) is 0 Å². The Morgan fingerprint density at radius 2 is 1.96 bits per heavy atom. The molecule has 0 radical (unpaired) electrons. The van der Waals surface area contributed by atoms with E-state index < -0.39 is 0 Å². The van der Waals surface area contributed by atoms with Crippen molar-refractivity contribution >= 4 is 23.2 Å². The first-order valence-corrected chi connectivity index (χ1v) is 10.4. The lowest BCUT2D eigenvalue weighted by Crippen LogP contribution is -2.52. The Balaban J connectivity index is 1.62. The van der Waals surface area contributed by atoms with Gasteiger partial charge in [-0.05, 0) is 49.9 Å². The molecule has 0 atom stereocenters. The molecule has 1 aromatic heterocycles. The highest BCUT2D eigenvalue weighted by atomic mass is 32.1. The molecule has 1 amide bonds. The summed E-state index contributed by atoms with van der Waals surface area (Å²) in [5.74, 6) is 0.872. The van der Waals surface area contributed by atoms with Crippen molar-refractivity contribution in [2.75, 3.05) is 40.3 Å². The number of benzene rings is 1. The van der Waals surface area contributed by atoms with Crippen LogP contribution in [0, 0.1) is 12.3 Å². The first kappa shape index (κ1) is 20.4. The lowest BCUT2D eigenvalue weighted by atomic mass is 10.0. The molecular weight excluding hydrogens is 372 g/mol. The monoisotopic (exact) mass is 400 g/mol. The van der Waals surface area contributed by atoms with Gasteiger partial charge in [-0.2, -0.15) is 0 Å². The Morgan fingerprint density at radius 1 is 1.21 bits per heavy atom. The number of rotatable bonds is 5. The predicted octanol–water partition coefficient (Wildman–Crippen LogP) is 2.76. The van der Waals surface area contributed by atoms with E-state index in [4.69, 9.17) is 10.1 Å². The average Bonchev–Trinajstić information content (AvgIpc) is 3.15. The second-order valence-corrected chi connectivity index (χ2v) is 8.17. The smallest absolute Gasteiger partial charge is 0.259 e. The van der Waals surface area contributed by atoms with E-state index in [1.54, 1.807) is 18.4 Å². The molecule has 0 bridgehead atoms. The molecule has 2 aromatic rings. The van der Waals surface area contributed by atoms with E-state index in [1.165, 1.54) is 5.56 Å². The van der Waals surface area contributed by atoms with Crippen molar-refractivity contribution in [1.82, 2.24) is 15.1 Å². The summed E-state index contributed by atoms with van der Waals surface area (Å²) in [6.45, 7) is 5.40. The highest BCUT2D eigenvalue weighted by Gasteiger charge is 2.20. The number of guanidine groups is 1. The van der Waals surface area contributed by atoms with E-state index in [-0.39, 0.29) is 11.9 Å². The van der Waals surface area contributed by atoms with Crippen molar-refractivity contribution < 1.29 is 9.53 Å². The number of piperazine rings is 1. The molecule has 2 heterocycles. The third kappa shape index (κ3) is 4.91. The van der Waals surface area contributed by atoms with E-state index in [0.29, 0.717) is 5.56 Å². The maximum Gasteiger partial charge on any atom is 0.259 e. The van der Waals surface area contributed by atoms with Gasteiger partial charge >= 0.3 is 0 Å². The fourth-order valence-electron chi connectivity index (χ4n) is 3.37. The van der Waals surface area contributed by atoms with Gasteiger partial charge in [0, 0.05) is 31.1 Å². The topological polar surface area (TPSA) is 68.7 Å². The van der Waals surface area contributed by atoms with Gasteiger partial charge in [-0.3, -0.25) is 15.5 Å². The van der Waals surface area contributed by atoms with E-state index in [1.807, 2.05) is 28.5 Å². The summed E-state index contributed by atoms with van der Waals surface area (Å²) in [4.78, 5) is 17.9. The highest BCUT2D eigenvalue weighted by Crippen LogP contribution is 2.24. The van der Waals surface area contributed by atoms with Crippen LogP contribution < -0.4 is 10.1 Å². The Labute approximate surface area is 170 Å². The molecule has 0 aliphatic carbocycles. The molecule has 1 aliphatic heterocycles. The number of carbonyl (C=O) groups is 1. The number of hydrogen-bond acceptors (Lipinski definition) is 5. The first-order chi connectivity index (χ1) is 13.5. The maximum atomic E-state index is 12.7. The van der Waals surface area contributed by atoms with Crippen molar-refractivity contribution in [2.45, 2.75) is 19.8 Å². The number of nitrogens with one attached hydrogen (secondary N) is 2. The van der Waals surface area contributed by atoms with Gasteiger partial charge in [0.25, 0.3) is 5.91 Å². The number of hydrogen-bond donors (Lipinski definition) is 2. The number of nitrogens with zero attached hydrogens (tertiary/aromatic N) is 2. The second-order valence-electron chi connectivity index (χ2n) is 7.17. The fourth-order valence-corrected chi connectivity index (χ4v) is 4.25. The van der Waals surface area contributed by atoms with Crippen LogP contribution in [0.2, 0.25) is 0 Å². The standard InChI is InChI=1S/C21H28N4O2S/c1-15-4-6-18(27-3)16(14-15)5-7-19-17(8-13-28-19)20(26)23-21(22)25-11-9-24(2)10-12-25/h4,6,8,13-14H,5,7,9-12H2,1-3H3,(H2,22,23,26). The molecule has 3 rings (SSSR count). The van der Waals surface area contributed by atoms with Crippen LogP contribution in [0.5, 0.6) is 5.75 Å². The number of aryl methyl sites for hydroxylation is 3. The number of carbonyl (C=O) groups excluding carboxylic acids is 1. The van der Waals surface area contributed by atoms with Crippen molar-refractivity contribution in [3.63, 3.8) is 0 Å². The van der Waals surface area contributed by atoms with Crippen molar-refractivity contribution in [3.8, 4) is 5.75 Å². The van der Waals surface area contributed by atoms with Crippen LogP contribution in [-0.4, -0.2) is 62.0 Å². The van der Waals surface area contributed by atoms with Crippen LogP contribution in [0.25, 0.3) is 0 Å². The van der Waals surface area contributed by atoms with Crippen LogP contribution in [0.4, 0.5) is 0 Å². The molecule has 28 heavy (non-hydrogen) atoms. The zero-order valence-electron chi connectivity index (χ0n) is 16.7. The molecule has 7 heteroatoms. The summed E-state index contributed by atoms with van der Waals surface area (Å²) in [7, 11) is 3.75. The Kier molecular flexibility index (Phi) is 6.70. The highest BCUT2D eigenvalue weighted by molar-refractivity contribution is 7.10. The van der Waals surface area contributed by atoms with E-state index in [0.717, 1.165) is 55.2 Å². The zero-order valence-corrected chi connectivity index (χ0v) is 17.6. The Bertz CT molecular complexity index is 841. The van der Waals surface area contributed by atoms with E-state index >= 15 is 0 Å².